The molecule has 2 nitrogen and oxygen atoms in total. The van der Waals surface area contributed by atoms with Gasteiger partial charge >= 0.3 is 0 Å². The van der Waals surface area contributed by atoms with Crippen molar-refractivity contribution in [2.45, 2.75) is 0 Å². The second kappa shape index (κ2) is 8.22. The Morgan fingerprint density at radius 2 is 0.763 bits per heavy atom. The van der Waals surface area contributed by atoms with E-state index in [0.29, 0.717) is 0 Å². The standard InChI is InChI=1S/C36H24N2/c1-3-11-23(12-4-1)24-19-21-26(22-20-24)32-31(25-13-5-2-6-14-25)33-27-15-7-9-17-29(27)38-36(33)34-28-16-8-10-18-30(28)37-35(32)34/h1-22,37-38H. The number of hydrogen-bond acceptors (Lipinski definition) is 0. The molecule has 2 N–H and O–H groups in total. The van der Waals surface area contributed by atoms with Crippen molar-refractivity contribution in [3.63, 3.8) is 0 Å². The van der Waals surface area contributed by atoms with Gasteiger partial charge in [0.2, 0.25) is 0 Å². The summed E-state index contributed by atoms with van der Waals surface area (Å²) in [6.07, 6.45) is 0. The van der Waals surface area contributed by atoms with Gasteiger partial charge in [-0.3, -0.25) is 0 Å². The Labute approximate surface area is 220 Å². The molecule has 2 heteroatoms. The number of H-pyrrole nitrogens is 2. The third-order valence-corrected chi connectivity index (χ3v) is 7.76. The molecule has 0 saturated heterocycles. The van der Waals surface area contributed by atoms with E-state index in [1.54, 1.807) is 0 Å². The summed E-state index contributed by atoms with van der Waals surface area (Å²) in [5.41, 5.74) is 12.0. The van der Waals surface area contributed by atoms with Gasteiger partial charge < -0.3 is 9.97 Å². The van der Waals surface area contributed by atoms with E-state index in [2.05, 4.69) is 143 Å². The summed E-state index contributed by atoms with van der Waals surface area (Å²) in [6.45, 7) is 0. The van der Waals surface area contributed by atoms with Crippen LogP contribution in [0.25, 0.3) is 77.0 Å². The van der Waals surface area contributed by atoms with Crippen LogP contribution in [0.2, 0.25) is 0 Å². The lowest BCUT2D eigenvalue weighted by molar-refractivity contribution is 1.53. The van der Waals surface area contributed by atoms with Gasteiger partial charge in [-0.1, -0.05) is 121 Å². The van der Waals surface area contributed by atoms with Gasteiger partial charge in [0.15, 0.2) is 0 Å². The number of benzene rings is 6. The van der Waals surface area contributed by atoms with E-state index in [1.807, 2.05) is 0 Å². The molecule has 2 heterocycles. The predicted molar refractivity (Wildman–Crippen MR) is 161 cm³/mol. The van der Waals surface area contributed by atoms with Crippen molar-refractivity contribution in [1.29, 1.82) is 0 Å². The van der Waals surface area contributed by atoms with Crippen LogP contribution >= 0.6 is 0 Å². The topological polar surface area (TPSA) is 31.6 Å². The van der Waals surface area contributed by atoms with Crippen LogP contribution in [0.15, 0.2) is 133 Å². The van der Waals surface area contributed by atoms with Gasteiger partial charge in [-0.15, -0.1) is 0 Å². The number of para-hydroxylation sites is 2. The Morgan fingerprint density at radius 1 is 0.316 bits per heavy atom. The van der Waals surface area contributed by atoms with Crippen LogP contribution in [-0.4, -0.2) is 9.97 Å². The quantitative estimate of drug-likeness (QED) is 0.250. The number of hydrogen-bond donors (Lipinski definition) is 2. The first-order chi connectivity index (χ1) is 18.9. The number of aromatic amines is 2. The molecule has 6 aromatic carbocycles. The molecule has 0 bridgehead atoms. The summed E-state index contributed by atoms with van der Waals surface area (Å²) in [4.78, 5) is 7.62. The molecule has 0 amide bonds. The van der Waals surface area contributed by atoms with E-state index in [1.165, 1.54) is 60.4 Å². The third-order valence-electron chi connectivity index (χ3n) is 7.76. The largest absolute Gasteiger partial charge is 0.354 e. The first-order valence-corrected chi connectivity index (χ1v) is 13.0. The molecule has 0 spiro atoms. The van der Waals surface area contributed by atoms with Crippen LogP contribution in [0.5, 0.6) is 0 Å². The first kappa shape index (κ1) is 21.0. The Bertz CT molecular complexity index is 2100. The van der Waals surface area contributed by atoms with Crippen molar-refractivity contribution in [1.82, 2.24) is 9.97 Å². The Hall–Kier alpha value is -5.08. The molecule has 0 unspecified atom stereocenters. The minimum absolute atomic E-state index is 1.15. The van der Waals surface area contributed by atoms with Crippen molar-refractivity contribution < 1.29 is 0 Å². The zero-order valence-electron chi connectivity index (χ0n) is 20.7. The predicted octanol–water partition coefficient (Wildman–Crippen LogP) is 9.96. The van der Waals surface area contributed by atoms with Crippen molar-refractivity contribution in [2.24, 2.45) is 0 Å². The van der Waals surface area contributed by atoms with Crippen molar-refractivity contribution >= 4 is 43.6 Å². The van der Waals surface area contributed by atoms with Crippen LogP contribution in [0.4, 0.5) is 0 Å². The van der Waals surface area contributed by atoms with Gasteiger partial charge in [0.25, 0.3) is 0 Å². The molecule has 0 aliphatic carbocycles. The summed E-state index contributed by atoms with van der Waals surface area (Å²) >= 11 is 0. The molecule has 178 valence electrons. The zero-order valence-corrected chi connectivity index (χ0v) is 20.7. The smallest absolute Gasteiger partial charge is 0.0573 e. The molecule has 8 rings (SSSR count). The summed E-state index contributed by atoms with van der Waals surface area (Å²) < 4.78 is 0. The Kier molecular flexibility index (Phi) is 4.55. The molecule has 2 aromatic heterocycles. The summed E-state index contributed by atoms with van der Waals surface area (Å²) in [6, 6.07) is 47.7. The number of rotatable bonds is 3. The second-order valence-electron chi connectivity index (χ2n) is 9.90. The third kappa shape index (κ3) is 3.07. The Morgan fingerprint density at radius 3 is 1.42 bits per heavy atom. The van der Waals surface area contributed by atoms with E-state index in [0.717, 1.165) is 16.6 Å². The van der Waals surface area contributed by atoms with Gasteiger partial charge in [0.1, 0.15) is 0 Å². The van der Waals surface area contributed by atoms with Crippen LogP contribution in [0.1, 0.15) is 0 Å². The minimum atomic E-state index is 1.15. The molecule has 0 aliphatic heterocycles. The maximum Gasteiger partial charge on any atom is 0.0573 e. The Balaban J connectivity index is 1.56. The fourth-order valence-corrected chi connectivity index (χ4v) is 6.07. The van der Waals surface area contributed by atoms with Crippen molar-refractivity contribution in [2.75, 3.05) is 0 Å². The van der Waals surface area contributed by atoms with Crippen LogP contribution in [0.3, 0.4) is 0 Å². The normalized spacial score (nSPS) is 11.7. The summed E-state index contributed by atoms with van der Waals surface area (Å²) in [5, 5.41) is 5.00. The lowest BCUT2D eigenvalue weighted by Crippen LogP contribution is -1.90. The highest BCUT2D eigenvalue weighted by Crippen LogP contribution is 2.48. The maximum absolute atomic E-state index is 3.82. The maximum atomic E-state index is 3.82. The van der Waals surface area contributed by atoms with E-state index < -0.39 is 0 Å². The fraction of sp³-hybridized carbons (Fsp3) is 0. The molecular weight excluding hydrogens is 460 g/mol. The molecule has 0 radical (unpaired) electrons. The number of aromatic nitrogens is 2. The van der Waals surface area contributed by atoms with Gasteiger partial charge in [-0.2, -0.15) is 0 Å². The SMILES string of the molecule is c1ccc(-c2ccc(-c3c(-c4ccccc4)c4c5ccccc5[nH]c4c4c3[nH]c3ccccc34)cc2)cc1. The highest BCUT2D eigenvalue weighted by atomic mass is 14.8. The summed E-state index contributed by atoms with van der Waals surface area (Å²) in [5.74, 6) is 0. The molecule has 0 saturated carbocycles. The van der Waals surface area contributed by atoms with Crippen molar-refractivity contribution in [3.8, 4) is 33.4 Å². The van der Waals surface area contributed by atoms with Gasteiger partial charge in [0.05, 0.1) is 11.0 Å². The molecule has 8 aromatic rings. The fourth-order valence-electron chi connectivity index (χ4n) is 6.07. The zero-order chi connectivity index (χ0) is 25.1. The number of fused-ring (bicyclic) bond motifs is 7. The average molecular weight is 485 g/mol. The highest BCUT2D eigenvalue weighted by Gasteiger charge is 2.23. The first-order valence-electron chi connectivity index (χ1n) is 13.0. The van der Waals surface area contributed by atoms with E-state index in [9.17, 15) is 0 Å². The van der Waals surface area contributed by atoms with Crippen LogP contribution in [-0.2, 0) is 0 Å². The van der Waals surface area contributed by atoms with E-state index in [-0.39, 0.29) is 0 Å². The second-order valence-corrected chi connectivity index (χ2v) is 9.90. The molecule has 38 heavy (non-hydrogen) atoms. The molecule has 0 aliphatic rings. The molecule has 0 fully saturated rings. The monoisotopic (exact) mass is 484 g/mol. The lowest BCUT2D eigenvalue weighted by Gasteiger charge is -2.16. The highest BCUT2D eigenvalue weighted by molar-refractivity contribution is 6.32. The van der Waals surface area contributed by atoms with Crippen LogP contribution < -0.4 is 0 Å². The number of nitrogens with one attached hydrogen (secondary N) is 2. The summed E-state index contributed by atoms with van der Waals surface area (Å²) in [7, 11) is 0. The lowest BCUT2D eigenvalue weighted by atomic mass is 9.87. The van der Waals surface area contributed by atoms with Gasteiger partial charge in [-0.25, -0.2) is 0 Å². The minimum Gasteiger partial charge on any atom is -0.354 e. The molecular formula is C36H24N2. The van der Waals surface area contributed by atoms with Crippen molar-refractivity contribution in [3.05, 3.63) is 133 Å². The molecule has 0 atom stereocenters. The van der Waals surface area contributed by atoms with E-state index in [4.69, 9.17) is 0 Å². The van der Waals surface area contributed by atoms with Gasteiger partial charge in [0, 0.05) is 43.7 Å². The van der Waals surface area contributed by atoms with E-state index >= 15 is 0 Å². The van der Waals surface area contributed by atoms with Crippen LogP contribution in [0, 0.1) is 0 Å². The average Bonchev–Trinajstić information content (AvgIpc) is 3.56. The van der Waals surface area contributed by atoms with Gasteiger partial charge in [-0.05, 0) is 34.4 Å².